The van der Waals surface area contributed by atoms with Gasteiger partial charge < -0.3 is 31.9 Å². The third kappa shape index (κ3) is 8.49. The van der Waals surface area contributed by atoms with Gasteiger partial charge in [0, 0.05) is 65.4 Å². The Morgan fingerprint density at radius 2 is 0.926 bits per heavy atom. The van der Waals surface area contributed by atoms with E-state index in [0.29, 0.717) is 31.7 Å². The largest absolute Gasteiger partial charge is 0.354 e. The Kier molecular flexibility index (Phi) is 10.4. The Hall–Kier alpha value is -2.00. The summed E-state index contributed by atoms with van der Waals surface area (Å²) in [5.74, 6) is -1.38. The Labute approximate surface area is 161 Å². The molecule has 0 radical (unpaired) electrons. The molecule has 0 saturated carbocycles. The van der Waals surface area contributed by atoms with Crippen LogP contribution in [0, 0.1) is 0 Å². The average molecular weight is 377 g/mol. The van der Waals surface area contributed by atoms with Crippen molar-refractivity contribution >= 4 is 11.8 Å². The normalized spacial score (nSPS) is 20.6. The summed E-state index contributed by atoms with van der Waals surface area (Å²) in [5.41, 5.74) is 0.702. The number of nitrogens with one attached hydrogen (secondary N) is 6. The molecule has 1 aromatic carbocycles. The third-order valence-electron chi connectivity index (χ3n) is 4.29. The summed E-state index contributed by atoms with van der Waals surface area (Å²) < 4.78 is 0. The van der Waals surface area contributed by atoms with E-state index >= 15 is 0 Å². The molecule has 0 spiro atoms. The molecule has 2 rings (SSSR count). The molecule has 1 aliphatic heterocycles. The number of hydrogen-bond acceptors (Lipinski definition) is 6. The monoisotopic (exact) mass is 376 g/mol. The van der Waals surface area contributed by atoms with Gasteiger partial charge in [0.2, 0.25) is 11.8 Å². The van der Waals surface area contributed by atoms with Crippen molar-refractivity contribution in [1.29, 1.82) is 0 Å². The van der Waals surface area contributed by atoms with Crippen LogP contribution < -0.4 is 31.9 Å². The molecule has 0 unspecified atom stereocenters. The molecule has 150 valence electrons. The zero-order chi connectivity index (χ0) is 19.2. The first-order chi connectivity index (χ1) is 13.3. The predicted molar refractivity (Wildman–Crippen MR) is 107 cm³/mol. The van der Waals surface area contributed by atoms with Crippen LogP contribution in [-0.4, -0.2) is 77.3 Å². The highest BCUT2D eigenvalue weighted by molar-refractivity contribution is 6.05. The highest BCUT2D eigenvalue weighted by Gasteiger charge is 2.27. The number of carbonyl (C=O) groups is 2. The van der Waals surface area contributed by atoms with Crippen LogP contribution >= 0.6 is 0 Å². The summed E-state index contributed by atoms with van der Waals surface area (Å²) in [7, 11) is 0. The van der Waals surface area contributed by atoms with Crippen LogP contribution in [0.1, 0.15) is 11.5 Å². The van der Waals surface area contributed by atoms with Crippen LogP contribution in [0.15, 0.2) is 30.3 Å². The van der Waals surface area contributed by atoms with Crippen LogP contribution in [0.25, 0.3) is 0 Å². The number of amides is 2. The molecule has 1 aliphatic rings. The fourth-order valence-electron chi connectivity index (χ4n) is 2.85. The number of benzene rings is 1. The molecule has 0 aromatic heterocycles. The van der Waals surface area contributed by atoms with Gasteiger partial charge in [-0.2, -0.15) is 0 Å². The molecule has 8 nitrogen and oxygen atoms in total. The molecule has 0 bridgehead atoms. The number of rotatable bonds is 1. The minimum Gasteiger partial charge on any atom is -0.354 e. The van der Waals surface area contributed by atoms with E-state index in [-0.39, 0.29) is 11.8 Å². The smallest absolute Gasteiger partial charge is 0.237 e. The summed E-state index contributed by atoms with van der Waals surface area (Å²) in [6.07, 6.45) is 0. The van der Waals surface area contributed by atoms with E-state index in [1.54, 1.807) is 0 Å². The SMILES string of the molecule is O=C1NCCNCCNCCNCCNCCNC(=O)C1c1ccccc1. The van der Waals surface area contributed by atoms with Gasteiger partial charge >= 0.3 is 0 Å². The van der Waals surface area contributed by atoms with Crippen LogP contribution in [0.4, 0.5) is 0 Å². The molecular weight excluding hydrogens is 344 g/mol. The van der Waals surface area contributed by atoms with Crippen molar-refractivity contribution in [2.45, 2.75) is 5.92 Å². The highest BCUT2D eigenvalue weighted by atomic mass is 16.2. The van der Waals surface area contributed by atoms with Crippen molar-refractivity contribution in [3.8, 4) is 0 Å². The summed E-state index contributed by atoms with van der Waals surface area (Å²) in [6.45, 7) is 7.57. The maximum Gasteiger partial charge on any atom is 0.237 e. The Morgan fingerprint density at radius 1 is 0.556 bits per heavy atom. The molecule has 6 N–H and O–H groups in total. The lowest BCUT2D eigenvalue weighted by molar-refractivity contribution is -0.131. The van der Waals surface area contributed by atoms with Gasteiger partial charge in [-0.25, -0.2) is 0 Å². The van der Waals surface area contributed by atoms with Gasteiger partial charge in [-0.05, 0) is 5.56 Å². The van der Waals surface area contributed by atoms with Gasteiger partial charge in [0.25, 0.3) is 0 Å². The van der Waals surface area contributed by atoms with Crippen LogP contribution in [0.2, 0.25) is 0 Å². The Bertz CT molecular complexity index is 524. The van der Waals surface area contributed by atoms with E-state index in [1.165, 1.54) is 0 Å². The first-order valence-corrected chi connectivity index (χ1v) is 9.72. The summed E-state index contributed by atoms with van der Waals surface area (Å²) in [5, 5.41) is 19.0. The van der Waals surface area contributed by atoms with Crippen molar-refractivity contribution < 1.29 is 9.59 Å². The molecule has 0 aliphatic carbocycles. The minimum absolute atomic E-state index is 0.270. The van der Waals surface area contributed by atoms with Crippen molar-refractivity contribution in [1.82, 2.24) is 31.9 Å². The average Bonchev–Trinajstić information content (AvgIpc) is 2.68. The van der Waals surface area contributed by atoms with Gasteiger partial charge in [0.15, 0.2) is 0 Å². The first-order valence-electron chi connectivity index (χ1n) is 9.72. The van der Waals surface area contributed by atoms with Gasteiger partial charge in [-0.3, -0.25) is 9.59 Å². The topological polar surface area (TPSA) is 106 Å². The van der Waals surface area contributed by atoms with E-state index in [1.807, 2.05) is 30.3 Å². The molecule has 27 heavy (non-hydrogen) atoms. The third-order valence-corrected chi connectivity index (χ3v) is 4.29. The second-order valence-electron chi connectivity index (χ2n) is 6.43. The van der Waals surface area contributed by atoms with E-state index in [4.69, 9.17) is 0 Å². The van der Waals surface area contributed by atoms with Crippen LogP contribution in [0.5, 0.6) is 0 Å². The molecule has 1 fully saturated rings. The van der Waals surface area contributed by atoms with Gasteiger partial charge in [-0.15, -0.1) is 0 Å². The van der Waals surface area contributed by atoms with E-state index < -0.39 is 5.92 Å². The van der Waals surface area contributed by atoms with Gasteiger partial charge in [0.05, 0.1) is 0 Å². The molecule has 0 atom stereocenters. The maximum atomic E-state index is 12.6. The lowest BCUT2D eigenvalue weighted by Gasteiger charge is -2.17. The Balaban J connectivity index is 1.93. The highest BCUT2D eigenvalue weighted by Crippen LogP contribution is 2.15. The minimum atomic E-state index is -0.836. The number of hydrogen-bond donors (Lipinski definition) is 6. The summed E-state index contributed by atoms with van der Waals surface area (Å²) in [4.78, 5) is 25.3. The Morgan fingerprint density at radius 3 is 1.33 bits per heavy atom. The lowest BCUT2D eigenvalue weighted by atomic mass is 9.97. The molecule has 1 heterocycles. The second kappa shape index (κ2) is 13.2. The van der Waals surface area contributed by atoms with E-state index in [2.05, 4.69) is 31.9 Å². The lowest BCUT2D eigenvalue weighted by Crippen LogP contribution is -2.43. The maximum absolute atomic E-state index is 12.6. The van der Waals surface area contributed by atoms with Crippen molar-refractivity contribution in [2.24, 2.45) is 0 Å². The van der Waals surface area contributed by atoms with Crippen LogP contribution in [0.3, 0.4) is 0 Å². The van der Waals surface area contributed by atoms with E-state index in [9.17, 15) is 9.59 Å². The molecule has 1 aromatic rings. The van der Waals surface area contributed by atoms with E-state index in [0.717, 1.165) is 39.3 Å². The van der Waals surface area contributed by atoms with Gasteiger partial charge in [-0.1, -0.05) is 30.3 Å². The zero-order valence-electron chi connectivity index (χ0n) is 15.9. The fourth-order valence-corrected chi connectivity index (χ4v) is 2.85. The molecule has 1 saturated heterocycles. The first kappa shape index (κ1) is 21.3. The quantitative estimate of drug-likeness (QED) is 0.329. The zero-order valence-corrected chi connectivity index (χ0v) is 15.9. The fraction of sp³-hybridized carbons (Fsp3) is 0.579. The van der Waals surface area contributed by atoms with Crippen molar-refractivity contribution in [3.05, 3.63) is 35.9 Å². The van der Waals surface area contributed by atoms with Crippen LogP contribution in [-0.2, 0) is 9.59 Å². The van der Waals surface area contributed by atoms with Crippen molar-refractivity contribution in [2.75, 3.05) is 65.4 Å². The molecule has 8 heteroatoms. The summed E-state index contributed by atoms with van der Waals surface area (Å²) >= 11 is 0. The standard InChI is InChI=1S/C19H32N6O2/c26-18-17(16-4-2-1-3-5-16)19(27)25-15-13-23-11-9-21-7-6-20-8-10-22-12-14-24-18/h1-5,17,20-23H,6-15H2,(H,24,26)(H,25,27). The predicted octanol–water partition coefficient (Wildman–Crippen LogP) is -1.63. The summed E-state index contributed by atoms with van der Waals surface area (Å²) in [6, 6.07) is 9.18. The van der Waals surface area contributed by atoms with Gasteiger partial charge in [0.1, 0.15) is 5.92 Å². The molecular formula is C19H32N6O2. The van der Waals surface area contributed by atoms with Crippen molar-refractivity contribution in [3.63, 3.8) is 0 Å². The number of carbonyl (C=O) groups excluding carboxylic acids is 2. The second-order valence-corrected chi connectivity index (χ2v) is 6.43. The molecule has 2 amide bonds.